The summed E-state index contributed by atoms with van der Waals surface area (Å²) in [5.74, 6) is -0.0986. The molecule has 0 bridgehead atoms. The normalized spacial score (nSPS) is 12.6. The highest BCUT2D eigenvalue weighted by atomic mass is 19.1. The average Bonchev–Trinajstić information content (AvgIpc) is 2.84. The maximum Gasteiger partial charge on any atom is 0.126 e. The second kappa shape index (κ2) is 6.61. The Morgan fingerprint density at radius 1 is 1.20 bits per heavy atom. The van der Waals surface area contributed by atoms with Crippen LogP contribution in [0.5, 0.6) is 0 Å². The van der Waals surface area contributed by atoms with Crippen molar-refractivity contribution in [3.8, 4) is 0 Å². The molecule has 0 saturated carbocycles. The lowest BCUT2D eigenvalue weighted by Crippen LogP contribution is -2.31. The number of rotatable bonds is 6. The smallest absolute Gasteiger partial charge is 0.126 e. The molecule has 0 radical (unpaired) electrons. The number of aryl methyl sites for hydroxylation is 1. The molecule has 108 valence electrons. The lowest BCUT2D eigenvalue weighted by molar-refractivity contribution is 0.520. The number of halogens is 2. The van der Waals surface area contributed by atoms with Crippen LogP contribution in [-0.2, 0) is 19.4 Å². The molecular weight excluding hydrogens is 260 g/mol. The van der Waals surface area contributed by atoms with Gasteiger partial charge in [-0.25, -0.2) is 13.8 Å². The number of benzene rings is 1. The number of imidazole rings is 1. The molecule has 1 aromatic heterocycles. The zero-order valence-corrected chi connectivity index (χ0v) is 11.7. The van der Waals surface area contributed by atoms with Crippen LogP contribution < -0.4 is 5.32 Å². The summed E-state index contributed by atoms with van der Waals surface area (Å²) in [6.07, 6.45) is 4.98. The minimum Gasteiger partial charge on any atom is -0.335 e. The van der Waals surface area contributed by atoms with Crippen molar-refractivity contribution in [3.05, 3.63) is 53.6 Å². The molecule has 1 N–H and O–H groups in total. The van der Waals surface area contributed by atoms with Gasteiger partial charge in [0.25, 0.3) is 0 Å². The van der Waals surface area contributed by atoms with Crippen LogP contribution in [-0.4, -0.2) is 22.6 Å². The number of aromatic nitrogens is 2. The first-order valence-corrected chi connectivity index (χ1v) is 6.74. The summed E-state index contributed by atoms with van der Waals surface area (Å²) < 4.78 is 28.5. The van der Waals surface area contributed by atoms with Crippen LogP contribution in [0.1, 0.15) is 18.3 Å². The average molecular weight is 279 g/mol. The fourth-order valence-electron chi connectivity index (χ4n) is 2.33. The van der Waals surface area contributed by atoms with E-state index >= 15 is 0 Å². The van der Waals surface area contributed by atoms with Gasteiger partial charge >= 0.3 is 0 Å². The van der Waals surface area contributed by atoms with E-state index in [0.717, 1.165) is 24.9 Å². The number of nitrogens with zero attached hydrogens (tertiary/aromatic N) is 2. The summed E-state index contributed by atoms with van der Waals surface area (Å²) >= 11 is 0. The van der Waals surface area contributed by atoms with Crippen molar-refractivity contribution in [2.24, 2.45) is 0 Å². The van der Waals surface area contributed by atoms with E-state index < -0.39 is 11.6 Å². The zero-order valence-electron chi connectivity index (χ0n) is 11.7. The molecule has 3 nitrogen and oxygen atoms in total. The van der Waals surface area contributed by atoms with Gasteiger partial charge in [0.2, 0.25) is 0 Å². The Bertz CT molecular complexity index is 546. The largest absolute Gasteiger partial charge is 0.335 e. The molecule has 1 atom stereocenters. The third-order valence-corrected chi connectivity index (χ3v) is 3.38. The molecule has 0 aliphatic heterocycles. The van der Waals surface area contributed by atoms with Gasteiger partial charge in [-0.2, -0.15) is 0 Å². The molecule has 0 saturated heterocycles. The monoisotopic (exact) mass is 279 g/mol. The van der Waals surface area contributed by atoms with Gasteiger partial charge in [0.05, 0.1) is 0 Å². The maximum absolute atomic E-state index is 13.2. The van der Waals surface area contributed by atoms with Crippen LogP contribution in [0.25, 0.3) is 0 Å². The fraction of sp³-hybridized carbons (Fsp3) is 0.400. The van der Waals surface area contributed by atoms with Gasteiger partial charge < -0.3 is 9.88 Å². The Morgan fingerprint density at radius 2 is 1.90 bits per heavy atom. The number of hydrogen-bond donors (Lipinski definition) is 1. The Hall–Kier alpha value is -1.75. The van der Waals surface area contributed by atoms with Gasteiger partial charge in [-0.15, -0.1) is 0 Å². The standard InChI is InChI=1S/C15H19F2N3/c1-3-20-5-4-19-15(20)10-14(18-2)8-11-6-12(16)9-13(17)7-11/h4-7,9,14,18H,3,8,10H2,1-2H3. The van der Waals surface area contributed by atoms with Crippen LogP contribution in [0.3, 0.4) is 0 Å². The second-order valence-electron chi connectivity index (χ2n) is 4.80. The summed E-state index contributed by atoms with van der Waals surface area (Å²) in [6, 6.07) is 3.73. The highest BCUT2D eigenvalue weighted by molar-refractivity contribution is 5.19. The van der Waals surface area contributed by atoms with Crippen LogP contribution >= 0.6 is 0 Å². The van der Waals surface area contributed by atoms with Gasteiger partial charge in [-0.3, -0.25) is 0 Å². The van der Waals surface area contributed by atoms with Gasteiger partial charge in [-0.1, -0.05) is 0 Å². The topological polar surface area (TPSA) is 29.9 Å². The second-order valence-corrected chi connectivity index (χ2v) is 4.80. The van der Waals surface area contributed by atoms with E-state index in [1.165, 1.54) is 12.1 Å². The van der Waals surface area contributed by atoms with Crippen LogP contribution in [0.15, 0.2) is 30.6 Å². The first kappa shape index (κ1) is 14.7. The van der Waals surface area contributed by atoms with E-state index in [4.69, 9.17) is 0 Å². The molecule has 0 aliphatic carbocycles. The molecule has 0 spiro atoms. The molecule has 20 heavy (non-hydrogen) atoms. The van der Waals surface area contributed by atoms with E-state index in [-0.39, 0.29) is 6.04 Å². The van der Waals surface area contributed by atoms with Crippen molar-refractivity contribution in [2.45, 2.75) is 32.4 Å². The fourth-order valence-corrected chi connectivity index (χ4v) is 2.33. The first-order chi connectivity index (χ1) is 9.62. The predicted molar refractivity (Wildman–Crippen MR) is 74.5 cm³/mol. The Balaban J connectivity index is 2.09. The van der Waals surface area contributed by atoms with E-state index in [9.17, 15) is 8.78 Å². The maximum atomic E-state index is 13.2. The van der Waals surface area contributed by atoms with E-state index in [2.05, 4.69) is 21.8 Å². The van der Waals surface area contributed by atoms with Gasteiger partial charge in [0.15, 0.2) is 0 Å². The summed E-state index contributed by atoms with van der Waals surface area (Å²) in [4.78, 5) is 4.33. The molecule has 1 heterocycles. The van der Waals surface area contributed by atoms with Crippen LogP contribution in [0.4, 0.5) is 8.78 Å². The molecule has 0 fully saturated rings. The molecule has 1 aromatic carbocycles. The highest BCUT2D eigenvalue weighted by Crippen LogP contribution is 2.12. The summed E-state index contributed by atoms with van der Waals surface area (Å²) in [6.45, 7) is 2.92. The Labute approximate surface area is 117 Å². The molecule has 0 amide bonds. The third kappa shape index (κ3) is 3.63. The van der Waals surface area contributed by atoms with Crippen molar-refractivity contribution in [1.82, 2.24) is 14.9 Å². The van der Waals surface area contributed by atoms with E-state index in [1.807, 2.05) is 13.2 Å². The predicted octanol–water partition coefficient (Wildman–Crippen LogP) is 2.55. The number of hydrogen-bond acceptors (Lipinski definition) is 2. The van der Waals surface area contributed by atoms with Crippen LogP contribution in [0.2, 0.25) is 0 Å². The van der Waals surface area contributed by atoms with Gasteiger partial charge in [0.1, 0.15) is 17.5 Å². The summed E-state index contributed by atoms with van der Waals surface area (Å²) in [5.41, 5.74) is 0.649. The van der Waals surface area contributed by atoms with E-state index in [0.29, 0.717) is 12.0 Å². The van der Waals surface area contributed by atoms with E-state index in [1.54, 1.807) is 6.20 Å². The quantitative estimate of drug-likeness (QED) is 0.880. The minimum absolute atomic E-state index is 0.0869. The molecule has 2 aromatic rings. The Morgan fingerprint density at radius 3 is 2.50 bits per heavy atom. The van der Waals surface area contributed by atoms with Crippen molar-refractivity contribution in [3.63, 3.8) is 0 Å². The molecular formula is C15H19F2N3. The van der Waals surface area contributed by atoms with Crippen molar-refractivity contribution < 1.29 is 8.78 Å². The lowest BCUT2D eigenvalue weighted by atomic mass is 10.0. The first-order valence-electron chi connectivity index (χ1n) is 6.74. The van der Waals surface area contributed by atoms with Gasteiger partial charge in [-0.05, 0) is 38.1 Å². The summed E-state index contributed by atoms with van der Waals surface area (Å²) in [7, 11) is 1.85. The zero-order chi connectivity index (χ0) is 14.5. The molecule has 1 unspecified atom stereocenters. The molecule has 5 heteroatoms. The Kier molecular flexibility index (Phi) is 4.84. The number of likely N-dealkylation sites (N-methyl/N-ethyl adjacent to an activating group) is 1. The van der Waals surface area contributed by atoms with Crippen molar-refractivity contribution in [2.75, 3.05) is 7.05 Å². The van der Waals surface area contributed by atoms with Crippen molar-refractivity contribution in [1.29, 1.82) is 0 Å². The third-order valence-electron chi connectivity index (χ3n) is 3.38. The minimum atomic E-state index is -0.537. The molecule has 0 aliphatic rings. The SMILES string of the molecule is CCn1ccnc1CC(Cc1cc(F)cc(F)c1)NC. The van der Waals surface area contributed by atoms with Gasteiger partial charge in [0, 0.05) is 37.5 Å². The molecule has 2 rings (SSSR count). The summed E-state index contributed by atoms with van der Waals surface area (Å²) in [5, 5.41) is 3.18. The van der Waals surface area contributed by atoms with Crippen molar-refractivity contribution >= 4 is 0 Å². The highest BCUT2D eigenvalue weighted by Gasteiger charge is 2.13. The number of nitrogens with one attached hydrogen (secondary N) is 1. The van der Waals surface area contributed by atoms with Crippen LogP contribution in [0, 0.1) is 11.6 Å². The lowest BCUT2D eigenvalue weighted by Gasteiger charge is -2.16.